The third-order valence-electron chi connectivity index (χ3n) is 7.18. The van der Waals surface area contributed by atoms with Crippen molar-refractivity contribution in [2.45, 2.75) is 19.4 Å². The van der Waals surface area contributed by atoms with Crippen molar-refractivity contribution in [3.05, 3.63) is 85.1 Å². The fourth-order valence-electron chi connectivity index (χ4n) is 5.07. The number of fused-ring (bicyclic) bond motifs is 7. The van der Waals surface area contributed by atoms with Crippen molar-refractivity contribution in [3.8, 4) is 17.0 Å². The SMILES string of the molecule is C=CC(=O)N1CCCN(CCNc2cc3cc(c2)Nc2nccc(n2)-c2cccc(c2)OCC/C=C/CNC3)CC1. The lowest BCUT2D eigenvalue weighted by Crippen LogP contribution is -2.35. The van der Waals surface area contributed by atoms with E-state index < -0.39 is 0 Å². The summed E-state index contributed by atoms with van der Waals surface area (Å²) in [5.74, 6) is 1.39. The molecule has 2 aromatic carbocycles. The van der Waals surface area contributed by atoms with Crippen LogP contribution in [0.1, 0.15) is 18.4 Å². The zero-order valence-corrected chi connectivity index (χ0v) is 23.5. The molecule has 1 aromatic heterocycles. The first kappa shape index (κ1) is 28.3. The first-order valence-corrected chi connectivity index (χ1v) is 14.4. The molecular formula is C32H39N7O2. The van der Waals surface area contributed by atoms with E-state index >= 15 is 0 Å². The van der Waals surface area contributed by atoms with E-state index in [4.69, 9.17) is 9.72 Å². The maximum Gasteiger partial charge on any atom is 0.245 e. The number of anilines is 3. The second-order valence-electron chi connectivity index (χ2n) is 10.2. The standard InChI is InChI=1S/C32H39N7O2/c1-2-31(40)39-15-7-14-38(17-18-39)16-13-34-27-20-25-21-28(23-27)36-32-35-12-10-30(37-32)26-8-6-9-29(22-26)41-19-5-3-4-11-33-24-25/h2-4,6,8-10,12,20-23,33-34H,1,5,7,11,13-19,24H2,(H,35,36,37)/b4-3+. The van der Waals surface area contributed by atoms with Crippen molar-refractivity contribution in [1.29, 1.82) is 0 Å². The maximum atomic E-state index is 12.0. The molecule has 0 spiro atoms. The number of aromatic nitrogens is 2. The number of ether oxygens (including phenoxy) is 1. The van der Waals surface area contributed by atoms with Crippen LogP contribution in [0, 0.1) is 0 Å². The van der Waals surface area contributed by atoms with Crippen LogP contribution in [0.5, 0.6) is 5.75 Å². The maximum absolute atomic E-state index is 12.0. The van der Waals surface area contributed by atoms with Crippen LogP contribution in [0.2, 0.25) is 0 Å². The van der Waals surface area contributed by atoms with E-state index in [2.05, 4.69) is 62.8 Å². The van der Waals surface area contributed by atoms with Crippen molar-refractivity contribution in [2.24, 2.45) is 0 Å². The minimum Gasteiger partial charge on any atom is -0.493 e. The fraction of sp³-hybridized carbons (Fsp3) is 0.344. The van der Waals surface area contributed by atoms with E-state index in [1.165, 1.54) is 6.08 Å². The molecule has 1 amide bonds. The molecule has 1 fully saturated rings. The van der Waals surface area contributed by atoms with E-state index in [0.717, 1.165) is 99.1 Å². The second-order valence-corrected chi connectivity index (χ2v) is 10.2. The number of carbonyl (C=O) groups is 1. The average molecular weight is 554 g/mol. The van der Waals surface area contributed by atoms with E-state index in [1.807, 2.05) is 35.2 Å². The Morgan fingerprint density at radius 1 is 1.10 bits per heavy atom. The highest BCUT2D eigenvalue weighted by molar-refractivity contribution is 5.87. The Hall–Kier alpha value is -4.21. The fourth-order valence-corrected chi connectivity index (χ4v) is 5.07. The number of hydrogen-bond acceptors (Lipinski definition) is 8. The van der Waals surface area contributed by atoms with Crippen molar-refractivity contribution in [1.82, 2.24) is 25.1 Å². The van der Waals surface area contributed by atoms with Gasteiger partial charge in [0.25, 0.3) is 0 Å². The number of benzene rings is 2. The van der Waals surface area contributed by atoms with Crippen LogP contribution in [0.15, 0.2) is 79.5 Å². The molecule has 9 heteroatoms. The van der Waals surface area contributed by atoms with Crippen LogP contribution in [0.4, 0.5) is 17.3 Å². The Morgan fingerprint density at radius 3 is 2.98 bits per heavy atom. The quantitative estimate of drug-likeness (QED) is 0.315. The molecule has 2 aliphatic heterocycles. The van der Waals surface area contributed by atoms with Gasteiger partial charge < -0.3 is 25.6 Å². The lowest BCUT2D eigenvalue weighted by atomic mass is 10.1. The highest BCUT2D eigenvalue weighted by Gasteiger charge is 2.17. The highest BCUT2D eigenvalue weighted by atomic mass is 16.5. The molecule has 3 heterocycles. The van der Waals surface area contributed by atoms with Crippen LogP contribution in [0.25, 0.3) is 11.3 Å². The molecule has 0 radical (unpaired) electrons. The van der Waals surface area contributed by atoms with E-state index in [-0.39, 0.29) is 5.91 Å². The Morgan fingerprint density at radius 2 is 2.05 bits per heavy atom. The molecule has 0 atom stereocenters. The second kappa shape index (κ2) is 14.4. The van der Waals surface area contributed by atoms with Gasteiger partial charge in [0.05, 0.1) is 12.3 Å². The van der Waals surface area contributed by atoms with Crippen LogP contribution < -0.4 is 20.7 Å². The summed E-state index contributed by atoms with van der Waals surface area (Å²) in [5.41, 5.74) is 4.93. The Labute approximate surface area is 242 Å². The third-order valence-corrected chi connectivity index (χ3v) is 7.18. The molecule has 3 N–H and O–H groups in total. The Bertz CT molecular complexity index is 1360. The van der Waals surface area contributed by atoms with Crippen LogP contribution in [-0.4, -0.2) is 78.1 Å². The van der Waals surface area contributed by atoms with Gasteiger partial charge in [0.1, 0.15) is 5.75 Å². The van der Waals surface area contributed by atoms with Crippen LogP contribution in [-0.2, 0) is 11.3 Å². The summed E-state index contributed by atoms with van der Waals surface area (Å²) in [6, 6.07) is 16.3. The summed E-state index contributed by atoms with van der Waals surface area (Å²) >= 11 is 0. The largest absolute Gasteiger partial charge is 0.493 e. The van der Waals surface area contributed by atoms with E-state index in [1.54, 1.807) is 6.20 Å². The molecule has 5 rings (SSSR count). The molecular weight excluding hydrogens is 514 g/mol. The monoisotopic (exact) mass is 553 g/mol. The minimum atomic E-state index is 0.0196. The Kier molecular flexibility index (Phi) is 9.97. The van der Waals surface area contributed by atoms with Gasteiger partial charge in [0.2, 0.25) is 11.9 Å². The zero-order valence-electron chi connectivity index (χ0n) is 23.5. The van der Waals surface area contributed by atoms with Gasteiger partial charge >= 0.3 is 0 Å². The lowest BCUT2D eigenvalue weighted by molar-refractivity contribution is -0.125. The van der Waals surface area contributed by atoms with Gasteiger partial charge in [0.15, 0.2) is 0 Å². The number of carbonyl (C=O) groups excluding carboxylic acids is 1. The average Bonchev–Trinajstić information content (AvgIpc) is 3.24. The topological polar surface area (TPSA) is 94.7 Å². The third kappa shape index (κ3) is 8.39. The molecule has 41 heavy (non-hydrogen) atoms. The lowest BCUT2D eigenvalue weighted by Gasteiger charge is -2.21. The summed E-state index contributed by atoms with van der Waals surface area (Å²) in [6.07, 6.45) is 9.30. The number of amides is 1. The summed E-state index contributed by atoms with van der Waals surface area (Å²) in [5, 5.41) is 10.5. The molecule has 3 aromatic rings. The molecule has 6 bridgehead atoms. The van der Waals surface area contributed by atoms with Crippen molar-refractivity contribution in [3.63, 3.8) is 0 Å². The van der Waals surface area contributed by atoms with Crippen LogP contribution >= 0.6 is 0 Å². The summed E-state index contributed by atoms with van der Waals surface area (Å²) in [7, 11) is 0. The number of rotatable bonds is 5. The molecule has 2 aliphatic rings. The molecule has 1 saturated heterocycles. The smallest absolute Gasteiger partial charge is 0.245 e. The molecule has 0 unspecified atom stereocenters. The van der Waals surface area contributed by atoms with E-state index in [0.29, 0.717) is 12.6 Å². The normalized spacial score (nSPS) is 17.1. The van der Waals surface area contributed by atoms with Gasteiger partial charge in [-0.15, -0.1) is 0 Å². The van der Waals surface area contributed by atoms with Gasteiger partial charge in [-0.2, -0.15) is 0 Å². The van der Waals surface area contributed by atoms with Gasteiger partial charge in [-0.3, -0.25) is 9.69 Å². The van der Waals surface area contributed by atoms with E-state index in [9.17, 15) is 4.79 Å². The van der Waals surface area contributed by atoms with Crippen molar-refractivity contribution >= 4 is 23.2 Å². The zero-order chi connectivity index (χ0) is 28.3. The molecule has 9 nitrogen and oxygen atoms in total. The van der Waals surface area contributed by atoms with Crippen molar-refractivity contribution in [2.75, 3.05) is 63.1 Å². The summed E-state index contributed by atoms with van der Waals surface area (Å²) in [6.45, 7) is 10.8. The predicted molar refractivity (Wildman–Crippen MR) is 164 cm³/mol. The summed E-state index contributed by atoms with van der Waals surface area (Å²) in [4.78, 5) is 25.6. The van der Waals surface area contributed by atoms with Gasteiger partial charge in [-0.1, -0.05) is 30.9 Å². The minimum absolute atomic E-state index is 0.0196. The summed E-state index contributed by atoms with van der Waals surface area (Å²) < 4.78 is 5.95. The highest BCUT2D eigenvalue weighted by Crippen LogP contribution is 2.25. The number of nitrogens with one attached hydrogen (secondary N) is 3. The molecule has 0 saturated carbocycles. The van der Waals surface area contributed by atoms with Crippen molar-refractivity contribution < 1.29 is 9.53 Å². The Balaban J connectivity index is 1.29. The number of hydrogen-bond donors (Lipinski definition) is 3. The van der Waals surface area contributed by atoms with Gasteiger partial charge in [-0.05, 0) is 67.4 Å². The van der Waals surface area contributed by atoms with Gasteiger partial charge in [0, 0.05) is 68.9 Å². The molecule has 214 valence electrons. The predicted octanol–water partition coefficient (Wildman–Crippen LogP) is 4.45. The van der Waals surface area contributed by atoms with Gasteiger partial charge in [-0.25, -0.2) is 9.97 Å². The first-order chi connectivity index (χ1) is 20.2. The van der Waals surface area contributed by atoms with Crippen LogP contribution in [0.3, 0.4) is 0 Å². The number of nitrogens with zero attached hydrogens (tertiary/aromatic N) is 4. The first-order valence-electron chi connectivity index (χ1n) is 14.4. The molecule has 0 aliphatic carbocycles.